The Hall–Kier alpha value is -2.94. The highest BCUT2D eigenvalue weighted by Gasteiger charge is 2.32. The second kappa shape index (κ2) is 6.17. The molecule has 0 saturated carbocycles. The molecule has 1 saturated heterocycles. The average molecular weight is 342 g/mol. The summed E-state index contributed by atoms with van der Waals surface area (Å²) in [4.78, 5) is 24.6. The van der Waals surface area contributed by atoms with E-state index >= 15 is 0 Å². The first kappa shape index (κ1) is 15.6. The van der Waals surface area contributed by atoms with Crippen LogP contribution in [0.1, 0.15) is 18.2 Å². The van der Waals surface area contributed by atoms with Gasteiger partial charge in [-0.15, -0.1) is 5.10 Å². The molecule has 0 unspecified atom stereocenters. The molecule has 1 fully saturated rings. The van der Waals surface area contributed by atoms with E-state index in [9.17, 15) is 9.59 Å². The van der Waals surface area contributed by atoms with Gasteiger partial charge in [0.1, 0.15) is 12.6 Å². The smallest absolute Gasteiger partial charge is 0.350 e. The molecular formula is C16H18N6O3. The van der Waals surface area contributed by atoms with Crippen molar-refractivity contribution in [1.82, 2.24) is 29.3 Å². The summed E-state index contributed by atoms with van der Waals surface area (Å²) < 4.78 is 10.1. The Balaban J connectivity index is 1.49. The van der Waals surface area contributed by atoms with Gasteiger partial charge in [0, 0.05) is 26.0 Å². The van der Waals surface area contributed by atoms with Crippen molar-refractivity contribution < 1.29 is 9.53 Å². The Morgan fingerprint density at radius 2 is 2.28 bits per heavy atom. The first-order chi connectivity index (χ1) is 12.1. The second-order valence-electron chi connectivity index (χ2n) is 6.00. The zero-order valence-electron chi connectivity index (χ0n) is 13.7. The van der Waals surface area contributed by atoms with Crippen LogP contribution in [-0.4, -0.2) is 42.5 Å². The number of carbonyl (C=O) groups excluding carboxylic acids is 1. The number of amides is 1. The molecule has 1 amide bonds. The summed E-state index contributed by atoms with van der Waals surface area (Å²) in [6.07, 6.45) is 3.80. The lowest BCUT2D eigenvalue weighted by molar-refractivity contribution is -0.123. The maximum atomic E-state index is 12.4. The van der Waals surface area contributed by atoms with Gasteiger partial charge in [-0.2, -0.15) is 5.10 Å². The van der Waals surface area contributed by atoms with E-state index in [-0.39, 0.29) is 30.3 Å². The summed E-state index contributed by atoms with van der Waals surface area (Å²) in [5.74, 6) is -0.270. The molecule has 3 aromatic rings. The summed E-state index contributed by atoms with van der Waals surface area (Å²) >= 11 is 0. The van der Waals surface area contributed by atoms with Crippen LogP contribution < -0.4 is 11.0 Å². The molecule has 1 aliphatic heterocycles. The highest BCUT2D eigenvalue weighted by atomic mass is 16.5. The lowest BCUT2D eigenvalue weighted by Gasteiger charge is -2.20. The third-order valence-corrected chi connectivity index (χ3v) is 4.37. The number of fused-ring (bicyclic) bond motifs is 1. The Morgan fingerprint density at radius 1 is 1.40 bits per heavy atom. The largest absolute Gasteiger partial charge is 0.370 e. The molecule has 130 valence electrons. The fourth-order valence-corrected chi connectivity index (χ4v) is 3.15. The number of nitrogens with zero attached hydrogens (tertiary/aromatic N) is 5. The van der Waals surface area contributed by atoms with Gasteiger partial charge in [0.05, 0.1) is 11.7 Å². The van der Waals surface area contributed by atoms with Crippen LogP contribution in [0.2, 0.25) is 0 Å². The third-order valence-electron chi connectivity index (χ3n) is 4.37. The molecule has 2 atom stereocenters. The topological polar surface area (TPSA) is 95.4 Å². The number of hydrogen-bond donors (Lipinski definition) is 1. The molecule has 4 heterocycles. The quantitative estimate of drug-likeness (QED) is 0.713. The summed E-state index contributed by atoms with van der Waals surface area (Å²) in [7, 11) is 1.84. The van der Waals surface area contributed by atoms with Crippen molar-refractivity contribution in [1.29, 1.82) is 0 Å². The monoisotopic (exact) mass is 342 g/mol. The fraction of sp³-hybridized carbons (Fsp3) is 0.375. The summed E-state index contributed by atoms with van der Waals surface area (Å²) in [6.45, 7) is 0.435. The summed E-state index contributed by atoms with van der Waals surface area (Å²) in [6, 6.07) is 6.98. The molecule has 25 heavy (non-hydrogen) atoms. The molecule has 0 radical (unpaired) electrons. The Bertz CT molecular complexity index is 972. The van der Waals surface area contributed by atoms with Crippen LogP contribution in [0.15, 0.2) is 41.5 Å². The van der Waals surface area contributed by atoms with E-state index in [0.29, 0.717) is 18.7 Å². The second-order valence-corrected chi connectivity index (χ2v) is 6.00. The van der Waals surface area contributed by atoms with Gasteiger partial charge >= 0.3 is 5.69 Å². The minimum atomic E-state index is -0.336. The van der Waals surface area contributed by atoms with Crippen LogP contribution in [0.4, 0.5) is 0 Å². The van der Waals surface area contributed by atoms with Crippen LogP contribution >= 0.6 is 0 Å². The highest BCUT2D eigenvalue weighted by molar-refractivity contribution is 5.76. The number of hydrogen-bond acceptors (Lipinski definition) is 5. The molecule has 1 aliphatic rings. The van der Waals surface area contributed by atoms with Crippen LogP contribution in [0.3, 0.4) is 0 Å². The maximum absolute atomic E-state index is 12.4. The molecular weight excluding hydrogens is 324 g/mol. The lowest BCUT2D eigenvalue weighted by atomic mass is 10.1. The molecule has 0 aliphatic carbocycles. The molecule has 0 bridgehead atoms. The van der Waals surface area contributed by atoms with Crippen molar-refractivity contribution >= 4 is 11.6 Å². The van der Waals surface area contributed by atoms with Crippen molar-refractivity contribution in [3.8, 4) is 0 Å². The third kappa shape index (κ3) is 2.82. The fourth-order valence-electron chi connectivity index (χ4n) is 3.15. The van der Waals surface area contributed by atoms with Crippen molar-refractivity contribution in [2.24, 2.45) is 7.05 Å². The van der Waals surface area contributed by atoms with Crippen molar-refractivity contribution in [3.63, 3.8) is 0 Å². The van der Waals surface area contributed by atoms with Gasteiger partial charge in [0.2, 0.25) is 5.91 Å². The SMILES string of the molecule is Cn1nccc1[C@H]1OCC[C@@H]1NC(=O)Cn1nc2ccccn2c1=O. The number of carbonyl (C=O) groups is 1. The Kier molecular flexibility index (Phi) is 3.85. The number of nitrogens with one attached hydrogen (secondary N) is 1. The molecule has 0 spiro atoms. The maximum Gasteiger partial charge on any atom is 0.350 e. The predicted molar refractivity (Wildman–Crippen MR) is 87.9 cm³/mol. The van der Waals surface area contributed by atoms with Crippen LogP contribution in [0, 0.1) is 0 Å². The van der Waals surface area contributed by atoms with Gasteiger partial charge in [-0.25, -0.2) is 9.48 Å². The van der Waals surface area contributed by atoms with Crippen LogP contribution in [-0.2, 0) is 23.1 Å². The number of pyridine rings is 1. The predicted octanol–water partition coefficient (Wildman–Crippen LogP) is -0.124. The van der Waals surface area contributed by atoms with Crippen LogP contribution in [0.25, 0.3) is 5.65 Å². The lowest BCUT2D eigenvalue weighted by Crippen LogP contribution is -2.40. The molecule has 9 nitrogen and oxygen atoms in total. The van der Waals surface area contributed by atoms with Crippen LogP contribution in [0.5, 0.6) is 0 Å². The van der Waals surface area contributed by atoms with E-state index in [2.05, 4.69) is 15.5 Å². The summed E-state index contributed by atoms with van der Waals surface area (Å²) in [5, 5.41) is 11.3. The van der Waals surface area contributed by atoms with Gasteiger partial charge in [0.25, 0.3) is 0 Å². The zero-order valence-corrected chi connectivity index (χ0v) is 13.7. The molecule has 3 aromatic heterocycles. The number of aryl methyl sites for hydroxylation is 1. The minimum Gasteiger partial charge on any atom is -0.370 e. The Labute approximate surface area is 142 Å². The first-order valence-electron chi connectivity index (χ1n) is 8.06. The number of ether oxygens (including phenoxy) is 1. The first-order valence-corrected chi connectivity index (χ1v) is 8.06. The van der Waals surface area contributed by atoms with E-state index in [1.165, 1.54) is 9.08 Å². The Morgan fingerprint density at radius 3 is 3.04 bits per heavy atom. The van der Waals surface area contributed by atoms with Gasteiger partial charge in [0.15, 0.2) is 5.65 Å². The molecule has 0 aromatic carbocycles. The van der Waals surface area contributed by atoms with Crippen molar-refractivity contribution in [2.45, 2.75) is 25.1 Å². The van der Waals surface area contributed by atoms with E-state index < -0.39 is 0 Å². The molecule has 4 rings (SSSR count). The van der Waals surface area contributed by atoms with E-state index in [1.54, 1.807) is 35.3 Å². The average Bonchev–Trinajstić information content (AvgIpc) is 3.29. The number of rotatable bonds is 4. The van der Waals surface area contributed by atoms with Gasteiger partial charge in [-0.1, -0.05) is 6.07 Å². The van der Waals surface area contributed by atoms with Crippen molar-refractivity contribution in [3.05, 3.63) is 52.8 Å². The minimum absolute atomic E-state index is 0.130. The number of aromatic nitrogens is 5. The van der Waals surface area contributed by atoms with E-state index in [1.807, 2.05) is 13.1 Å². The van der Waals surface area contributed by atoms with Crippen molar-refractivity contribution in [2.75, 3.05) is 6.61 Å². The zero-order chi connectivity index (χ0) is 17.4. The standard InChI is InChI=1S/C16H18N6O3/c1-20-12(5-7-17-20)15-11(6-9-25-15)18-14(23)10-22-16(24)21-8-3-2-4-13(21)19-22/h2-5,7-8,11,15H,6,9-10H2,1H3,(H,18,23)/t11-,15-/m0/s1. The van der Waals surface area contributed by atoms with E-state index in [0.717, 1.165) is 5.69 Å². The van der Waals surface area contributed by atoms with Gasteiger partial charge in [-0.05, 0) is 24.6 Å². The normalized spacial score (nSPS) is 20.2. The van der Waals surface area contributed by atoms with Gasteiger partial charge in [-0.3, -0.25) is 13.9 Å². The molecule has 9 heteroatoms. The summed E-state index contributed by atoms with van der Waals surface area (Å²) in [5.41, 5.74) is 1.08. The highest BCUT2D eigenvalue weighted by Crippen LogP contribution is 2.28. The van der Waals surface area contributed by atoms with Gasteiger partial charge < -0.3 is 10.1 Å². The molecule has 1 N–H and O–H groups in total. The van der Waals surface area contributed by atoms with E-state index in [4.69, 9.17) is 4.74 Å².